The van der Waals surface area contributed by atoms with E-state index in [2.05, 4.69) is 4.90 Å². The van der Waals surface area contributed by atoms with Gasteiger partial charge in [-0.2, -0.15) is 0 Å². The molecular formula is C25H24N2O7. The minimum Gasteiger partial charge on any atom is -0.508 e. The van der Waals surface area contributed by atoms with Gasteiger partial charge in [0.2, 0.25) is 5.78 Å². The van der Waals surface area contributed by atoms with Gasteiger partial charge < -0.3 is 28.7 Å². The van der Waals surface area contributed by atoms with Gasteiger partial charge in [0.1, 0.15) is 11.5 Å². The fraction of sp³-hybridized carbons (Fsp3) is 0.280. The summed E-state index contributed by atoms with van der Waals surface area (Å²) in [6, 6.07) is 11.7. The zero-order valence-electron chi connectivity index (χ0n) is 18.3. The first kappa shape index (κ1) is 22.0. The molecule has 176 valence electrons. The maximum absolute atomic E-state index is 13.3. The second-order valence-electron chi connectivity index (χ2n) is 8.20. The first-order valence-electron chi connectivity index (χ1n) is 11.0. The maximum Gasteiger partial charge on any atom is 0.290 e. The Bertz CT molecular complexity index is 1180. The van der Waals surface area contributed by atoms with Crippen molar-refractivity contribution in [2.75, 3.05) is 32.8 Å². The highest BCUT2D eigenvalue weighted by Crippen LogP contribution is 2.41. The van der Waals surface area contributed by atoms with Crippen molar-refractivity contribution in [2.24, 2.45) is 0 Å². The predicted molar refractivity (Wildman–Crippen MR) is 119 cm³/mol. The summed E-state index contributed by atoms with van der Waals surface area (Å²) in [6.07, 6.45) is 2.94. The van der Waals surface area contributed by atoms with Crippen molar-refractivity contribution in [3.63, 3.8) is 0 Å². The van der Waals surface area contributed by atoms with E-state index in [9.17, 15) is 19.8 Å². The molecule has 1 saturated heterocycles. The van der Waals surface area contributed by atoms with Gasteiger partial charge in [-0.3, -0.25) is 14.5 Å². The van der Waals surface area contributed by atoms with Gasteiger partial charge in [0.15, 0.2) is 11.5 Å². The van der Waals surface area contributed by atoms with Gasteiger partial charge in [-0.05, 0) is 42.0 Å². The zero-order valence-corrected chi connectivity index (χ0v) is 18.3. The molecular weight excluding hydrogens is 440 g/mol. The minimum atomic E-state index is -0.871. The third-order valence-corrected chi connectivity index (χ3v) is 6.23. The molecule has 9 heteroatoms. The number of aliphatic hydroxyl groups excluding tert-OH is 1. The average Bonchev–Trinajstić information content (AvgIpc) is 3.62. The number of hydrogen-bond donors (Lipinski definition) is 2. The van der Waals surface area contributed by atoms with Gasteiger partial charge in [0, 0.05) is 19.6 Å². The minimum absolute atomic E-state index is 0.0238. The Morgan fingerprint density at radius 2 is 1.71 bits per heavy atom. The Balaban J connectivity index is 1.55. The Kier molecular flexibility index (Phi) is 5.95. The number of carbonyl (C=O) groups excluding carboxylic acids is 2. The molecule has 2 aromatic heterocycles. The standard InChI is InChI=1S/C25H24N2O7/c28-17-7-5-16(6-8-17)22-21(23(29)20-4-2-12-34-20)24(30)25(31)27(22)15-18(19-3-1-11-33-19)26-9-13-32-14-10-26/h1-8,11-12,18,22,28,30H,9-10,13-15H2. The highest BCUT2D eigenvalue weighted by atomic mass is 16.5. The third kappa shape index (κ3) is 4.00. The first-order valence-corrected chi connectivity index (χ1v) is 11.0. The number of nitrogens with zero attached hydrogens (tertiary/aromatic N) is 2. The van der Waals surface area contributed by atoms with Crippen LogP contribution in [-0.2, 0) is 9.53 Å². The molecule has 1 amide bonds. The van der Waals surface area contributed by atoms with E-state index in [0.717, 1.165) is 0 Å². The number of aromatic hydroxyl groups is 1. The molecule has 5 rings (SSSR count). The summed E-state index contributed by atoms with van der Waals surface area (Å²) in [5.41, 5.74) is 0.510. The molecule has 2 atom stereocenters. The van der Waals surface area contributed by atoms with Crippen LogP contribution in [0.3, 0.4) is 0 Å². The molecule has 2 N–H and O–H groups in total. The number of Topliss-reactive ketones (excluding diaryl/α,β-unsaturated/α-hetero) is 1. The third-order valence-electron chi connectivity index (χ3n) is 6.23. The summed E-state index contributed by atoms with van der Waals surface area (Å²) in [4.78, 5) is 30.3. The van der Waals surface area contributed by atoms with E-state index in [4.69, 9.17) is 13.6 Å². The quantitative estimate of drug-likeness (QED) is 0.512. The normalized spacial score (nSPS) is 20.2. The first-order chi connectivity index (χ1) is 16.5. The summed E-state index contributed by atoms with van der Waals surface area (Å²) in [6.45, 7) is 2.57. The van der Waals surface area contributed by atoms with Crippen LogP contribution < -0.4 is 0 Å². The number of rotatable bonds is 7. The molecule has 2 unspecified atom stereocenters. The molecule has 0 spiro atoms. The smallest absolute Gasteiger partial charge is 0.290 e. The highest BCUT2D eigenvalue weighted by Gasteiger charge is 2.46. The van der Waals surface area contributed by atoms with E-state index in [0.29, 0.717) is 37.6 Å². The number of amides is 1. The van der Waals surface area contributed by atoms with Crippen LogP contribution in [0.4, 0.5) is 0 Å². The molecule has 1 aromatic carbocycles. The van der Waals surface area contributed by atoms with Crippen LogP contribution >= 0.6 is 0 Å². The SMILES string of the molecule is O=C(C1=C(O)C(=O)N(CC(c2ccco2)N2CCOCC2)C1c1ccc(O)cc1)c1ccco1. The number of aliphatic hydroxyl groups is 1. The second-order valence-corrected chi connectivity index (χ2v) is 8.20. The highest BCUT2D eigenvalue weighted by molar-refractivity contribution is 6.15. The van der Waals surface area contributed by atoms with Gasteiger partial charge in [-0.1, -0.05) is 12.1 Å². The lowest BCUT2D eigenvalue weighted by atomic mass is 9.94. The van der Waals surface area contributed by atoms with Gasteiger partial charge in [-0.25, -0.2) is 0 Å². The number of morpholine rings is 1. The Hall–Kier alpha value is -3.82. The number of phenols is 1. The van der Waals surface area contributed by atoms with Crippen molar-refractivity contribution < 1.29 is 33.4 Å². The van der Waals surface area contributed by atoms with Crippen LogP contribution in [0.25, 0.3) is 0 Å². The summed E-state index contributed by atoms with van der Waals surface area (Å²) < 4.78 is 16.4. The van der Waals surface area contributed by atoms with Crippen molar-refractivity contribution in [1.29, 1.82) is 0 Å². The number of phenolic OH excluding ortho intramolecular Hbond substituents is 1. The largest absolute Gasteiger partial charge is 0.508 e. The molecule has 2 aliphatic heterocycles. The number of benzene rings is 1. The molecule has 9 nitrogen and oxygen atoms in total. The van der Waals surface area contributed by atoms with Gasteiger partial charge >= 0.3 is 0 Å². The molecule has 0 bridgehead atoms. The molecule has 1 fully saturated rings. The van der Waals surface area contributed by atoms with E-state index in [1.165, 1.54) is 29.4 Å². The van der Waals surface area contributed by atoms with E-state index >= 15 is 0 Å². The van der Waals surface area contributed by atoms with Crippen molar-refractivity contribution in [1.82, 2.24) is 9.80 Å². The van der Waals surface area contributed by atoms with Crippen molar-refractivity contribution in [3.8, 4) is 5.75 Å². The molecule has 0 aliphatic carbocycles. The topological polar surface area (TPSA) is 117 Å². The lowest BCUT2D eigenvalue weighted by Crippen LogP contribution is -2.45. The Morgan fingerprint density at radius 1 is 1.00 bits per heavy atom. The number of hydrogen-bond acceptors (Lipinski definition) is 8. The van der Waals surface area contributed by atoms with Crippen LogP contribution in [0.1, 0.15) is 34.0 Å². The van der Waals surface area contributed by atoms with Crippen molar-refractivity contribution in [3.05, 3.63) is 89.5 Å². The fourth-order valence-electron chi connectivity index (χ4n) is 4.56. The lowest BCUT2D eigenvalue weighted by Gasteiger charge is -2.37. The van der Waals surface area contributed by atoms with E-state index in [1.54, 1.807) is 30.5 Å². The van der Waals surface area contributed by atoms with E-state index < -0.39 is 23.5 Å². The number of ketones is 1. The van der Waals surface area contributed by atoms with E-state index in [1.807, 2.05) is 6.07 Å². The van der Waals surface area contributed by atoms with Gasteiger partial charge in [0.05, 0.1) is 43.4 Å². The monoisotopic (exact) mass is 464 g/mol. The van der Waals surface area contributed by atoms with E-state index in [-0.39, 0.29) is 29.7 Å². The van der Waals surface area contributed by atoms with Crippen LogP contribution in [0.15, 0.2) is 81.2 Å². The van der Waals surface area contributed by atoms with Gasteiger partial charge in [-0.15, -0.1) is 0 Å². The maximum atomic E-state index is 13.3. The molecule has 3 aromatic rings. The van der Waals surface area contributed by atoms with Crippen LogP contribution in [0, 0.1) is 0 Å². The summed E-state index contributed by atoms with van der Waals surface area (Å²) in [5.74, 6) is -1.09. The number of furan rings is 2. The number of ether oxygens (including phenoxy) is 1. The second kappa shape index (κ2) is 9.20. The molecule has 4 heterocycles. The molecule has 34 heavy (non-hydrogen) atoms. The molecule has 2 aliphatic rings. The molecule has 0 saturated carbocycles. The fourth-order valence-corrected chi connectivity index (χ4v) is 4.56. The Labute approximate surface area is 195 Å². The zero-order chi connectivity index (χ0) is 23.7. The van der Waals surface area contributed by atoms with Crippen LogP contribution in [0.2, 0.25) is 0 Å². The molecule has 0 radical (unpaired) electrons. The summed E-state index contributed by atoms with van der Waals surface area (Å²) >= 11 is 0. The van der Waals surface area contributed by atoms with Crippen LogP contribution in [0.5, 0.6) is 5.75 Å². The van der Waals surface area contributed by atoms with Crippen molar-refractivity contribution in [2.45, 2.75) is 12.1 Å². The Morgan fingerprint density at radius 3 is 2.35 bits per heavy atom. The number of carbonyl (C=O) groups is 2. The average molecular weight is 464 g/mol. The van der Waals surface area contributed by atoms with Crippen LogP contribution in [-0.4, -0.2) is 64.6 Å². The van der Waals surface area contributed by atoms with Crippen molar-refractivity contribution >= 4 is 11.7 Å². The lowest BCUT2D eigenvalue weighted by molar-refractivity contribution is -0.130. The summed E-state index contributed by atoms with van der Waals surface area (Å²) in [7, 11) is 0. The predicted octanol–water partition coefficient (Wildman–Crippen LogP) is 3.23. The van der Waals surface area contributed by atoms with Gasteiger partial charge in [0.25, 0.3) is 5.91 Å². The summed E-state index contributed by atoms with van der Waals surface area (Å²) in [5, 5.41) is 20.6.